The number of hydrogen-bond acceptors (Lipinski definition) is 6. The van der Waals surface area contributed by atoms with E-state index in [1.807, 2.05) is 28.8 Å². The molecular weight excluding hydrogens is 284 g/mol. The molecule has 4 aromatic rings. The molecule has 104 valence electrons. The van der Waals surface area contributed by atoms with Crippen LogP contribution in [0.2, 0.25) is 0 Å². The zero-order chi connectivity index (χ0) is 14.2. The molecule has 0 bridgehead atoms. The van der Waals surface area contributed by atoms with Crippen molar-refractivity contribution in [1.82, 2.24) is 24.6 Å². The van der Waals surface area contributed by atoms with Crippen molar-refractivity contribution in [2.24, 2.45) is 0 Å². The quantitative estimate of drug-likeness (QED) is 0.629. The van der Waals surface area contributed by atoms with Crippen molar-refractivity contribution in [2.45, 2.75) is 13.5 Å². The van der Waals surface area contributed by atoms with Crippen LogP contribution in [0.15, 0.2) is 36.8 Å². The first-order valence-electron chi connectivity index (χ1n) is 6.55. The second-order valence-electron chi connectivity index (χ2n) is 4.70. The maximum Gasteiger partial charge on any atom is 0.160 e. The summed E-state index contributed by atoms with van der Waals surface area (Å²) in [6.07, 6.45) is 3.54. The van der Waals surface area contributed by atoms with Crippen molar-refractivity contribution in [3.8, 4) is 0 Å². The van der Waals surface area contributed by atoms with Crippen molar-refractivity contribution in [3.63, 3.8) is 0 Å². The summed E-state index contributed by atoms with van der Waals surface area (Å²) >= 11 is 1.67. The van der Waals surface area contributed by atoms with E-state index in [1.165, 1.54) is 4.88 Å². The number of aromatic nitrogens is 5. The minimum absolute atomic E-state index is 0.562. The molecule has 0 saturated heterocycles. The van der Waals surface area contributed by atoms with Crippen LogP contribution in [-0.2, 0) is 6.54 Å². The molecule has 0 fully saturated rings. The van der Waals surface area contributed by atoms with Crippen molar-refractivity contribution in [2.75, 3.05) is 5.32 Å². The number of hydrogen-bond donors (Lipinski definition) is 1. The Morgan fingerprint density at radius 2 is 2.19 bits per heavy atom. The Morgan fingerprint density at radius 1 is 1.24 bits per heavy atom. The number of thiophene rings is 1. The molecule has 0 radical (unpaired) electrons. The van der Waals surface area contributed by atoms with Gasteiger partial charge in [-0.3, -0.25) is 4.40 Å². The Kier molecular flexibility index (Phi) is 2.78. The lowest BCUT2D eigenvalue weighted by Gasteiger charge is -2.05. The fourth-order valence-electron chi connectivity index (χ4n) is 2.29. The van der Waals surface area contributed by atoms with Crippen LogP contribution in [0, 0.1) is 6.92 Å². The molecule has 4 rings (SSSR count). The van der Waals surface area contributed by atoms with Gasteiger partial charge in [-0.2, -0.15) is 0 Å². The summed E-state index contributed by atoms with van der Waals surface area (Å²) in [7, 11) is 0. The molecule has 0 atom stereocenters. The number of pyridine rings is 1. The van der Waals surface area contributed by atoms with Gasteiger partial charge in [-0.25, -0.2) is 9.97 Å². The number of anilines is 1. The van der Waals surface area contributed by atoms with Crippen LogP contribution in [0.5, 0.6) is 0 Å². The highest BCUT2D eigenvalue weighted by Crippen LogP contribution is 2.27. The van der Waals surface area contributed by atoms with E-state index in [0.29, 0.717) is 6.54 Å². The Hall–Kier alpha value is -2.54. The van der Waals surface area contributed by atoms with Crippen molar-refractivity contribution >= 4 is 33.0 Å². The second-order valence-corrected chi connectivity index (χ2v) is 5.93. The number of nitrogens with one attached hydrogen (secondary N) is 1. The topological polar surface area (TPSA) is 68.0 Å². The zero-order valence-electron chi connectivity index (χ0n) is 11.3. The van der Waals surface area contributed by atoms with E-state index < -0.39 is 0 Å². The molecule has 21 heavy (non-hydrogen) atoms. The highest BCUT2D eigenvalue weighted by atomic mass is 32.1. The molecular formula is C14H12N6S. The maximum absolute atomic E-state index is 4.33. The predicted octanol–water partition coefficient (Wildman–Crippen LogP) is 2.65. The van der Waals surface area contributed by atoms with E-state index in [0.717, 1.165) is 27.5 Å². The van der Waals surface area contributed by atoms with Crippen molar-refractivity contribution in [3.05, 3.63) is 47.5 Å². The highest BCUT2D eigenvalue weighted by molar-refractivity contribution is 7.18. The van der Waals surface area contributed by atoms with Gasteiger partial charge >= 0.3 is 0 Å². The lowest BCUT2D eigenvalue weighted by molar-refractivity contribution is 0.912. The monoisotopic (exact) mass is 296 g/mol. The van der Waals surface area contributed by atoms with Gasteiger partial charge in [0.2, 0.25) is 0 Å². The normalized spacial score (nSPS) is 11.3. The van der Waals surface area contributed by atoms with E-state index in [1.54, 1.807) is 17.7 Å². The molecule has 0 aliphatic carbocycles. The third kappa shape index (κ3) is 2.11. The van der Waals surface area contributed by atoms with Gasteiger partial charge in [0.15, 0.2) is 11.5 Å². The Balaban J connectivity index is 1.66. The third-order valence-electron chi connectivity index (χ3n) is 3.25. The van der Waals surface area contributed by atoms with Crippen LogP contribution >= 0.6 is 11.3 Å². The first kappa shape index (κ1) is 12.2. The lowest BCUT2D eigenvalue weighted by Crippen LogP contribution is -2.05. The third-order valence-corrected chi connectivity index (χ3v) is 4.21. The molecule has 0 amide bonds. The molecule has 4 aromatic heterocycles. The van der Waals surface area contributed by atoms with Gasteiger partial charge in [0.05, 0.1) is 11.9 Å². The number of aryl methyl sites for hydroxylation is 1. The SMILES string of the molecule is Cc1cc2c(NCc3nnc4ccccn34)ncnc2s1. The summed E-state index contributed by atoms with van der Waals surface area (Å²) in [5, 5.41) is 12.7. The summed E-state index contributed by atoms with van der Waals surface area (Å²) in [4.78, 5) is 10.8. The first-order valence-corrected chi connectivity index (χ1v) is 7.36. The largest absolute Gasteiger partial charge is 0.362 e. The standard InChI is InChI=1S/C14H12N6S/c1-9-6-10-13(16-8-17-14(10)21-9)15-7-12-19-18-11-4-2-3-5-20(11)12/h2-6,8H,7H2,1H3,(H,15,16,17). The average molecular weight is 296 g/mol. The fourth-order valence-corrected chi connectivity index (χ4v) is 3.14. The Morgan fingerprint density at radius 3 is 3.14 bits per heavy atom. The van der Waals surface area contributed by atoms with Gasteiger partial charge < -0.3 is 5.32 Å². The van der Waals surface area contributed by atoms with Crippen LogP contribution in [0.4, 0.5) is 5.82 Å². The van der Waals surface area contributed by atoms with Crippen molar-refractivity contribution < 1.29 is 0 Å². The van der Waals surface area contributed by atoms with E-state index in [9.17, 15) is 0 Å². The molecule has 0 aromatic carbocycles. The summed E-state index contributed by atoms with van der Waals surface area (Å²) in [6, 6.07) is 7.94. The molecule has 0 spiro atoms. The van der Waals surface area contributed by atoms with Gasteiger partial charge in [0, 0.05) is 11.1 Å². The predicted molar refractivity (Wildman–Crippen MR) is 82.5 cm³/mol. The Labute approximate surface area is 124 Å². The van der Waals surface area contributed by atoms with Crippen LogP contribution < -0.4 is 5.32 Å². The maximum atomic E-state index is 4.33. The van der Waals surface area contributed by atoms with Gasteiger partial charge in [0.25, 0.3) is 0 Å². The molecule has 4 heterocycles. The van der Waals surface area contributed by atoms with Gasteiger partial charge in [0.1, 0.15) is 17.0 Å². The van der Waals surface area contributed by atoms with E-state index in [-0.39, 0.29) is 0 Å². The van der Waals surface area contributed by atoms with Gasteiger partial charge in [-0.15, -0.1) is 21.5 Å². The van der Waals surface area contributed by atoms with Gasteiger partial charge in [-0.1, -0.05) is 6.07 Å². The summed E-state index contributed by atoms with van der Waals surface area (Å²) in [6.45, 7) is 2.63. The highest BCUT2D eigenvalue weighted by Gasteiger charge is 2.09. The summed E-state index contributed by atoms with van der Waals surface area (Å²) in [5.74, 6) is 1.68. The van der Waals surface area contributed by atoms with E-state index in [2.05, 4.69) is 38.5 Å². The smallest absolute Gasteiger partial charge is 0.160 e. The minimum Gasteiger partial charge on any atom is -0.362 e. The van der Waals surface area contributed by atoms with Crippen LogP contribution in [0.3, 0.4) is 0 Å². The minimum atomic E-state index is 0.562. The number of fused-ring (bicyclic) bond motifs is 2. The molecule has 7 heteroatoms. The lowest BCUT2D eigenvalue weighted by atomic mass is 10.3. The molecule has 0 aliphatic heterocycles. The molecule has 0 unspecified atom stereocenters. The molecule has 0 aliphatic rings. The zero-order valence-corrected chi connectivity index (χ0v) is 12.1. The fraction of sp³-hybridized carbons (Fsp3) is 0.143. The van der Waals surface area contributed by atoms with Crippen LogP contribution in [0.25, 0.3) is 15.9 Å². The molecule has 1 N–H and O–H groups in total. The van der Waals surface area contributed by atoms with Crippen molar-refractivity contribution in [1.29, 1.82) is 0 Å². The average Bonchev–Trinajstić information content (AvgIpc) is 3.07. The van der Waals surface area contributed by atoms with E-state index >= 15 is 0 Å². The van der Waals surface area contributed by atoms with Crippen LogP contribution in [0.1, 0.15) is 10.7 Å². The first-order chi connectivity index (χ1) is 10.3. The second kappa shape index (κ2) is 4.78. The van der Waals surface area contributed by atoms with E-state index in [4.69, 9.17) is 0 Å². The van der Waals surface area contributed by atoms with Gasteiger partial charge in [-0.05, 0) is 25.1 Å². The molecule has 0 saturated carbocycles. The number of nitrogens with zero attached hydrogens (tertiary/aromatic N) is 5. The summed E-state index contributed by atoms with van der Waals surface area (Å²) in [5.41, 5.74) is 0.841. The number of rotatable bonds is 3. The van der Waals surface area contributed by atoms with Crippen LogP contribution in [-0.4, -0.2) is 24.6 Å². The molecule has 6 nitrogen and oxygen atoms in total. The Bertz CT molecular complexity index is 925. The summed E-state index contributed by atoms with van der Waals surface area (Å²) < 4.78 is 1.96.